The van der Waals surface area contributed by atoms with Crippen molar-refractivity contribution in [2.75, 3.05) is 32.9 Å². The number of hydrogen-bond acceptors (Lipinski definition) is 7. The summed E-state index contributed by atoms with van der Waals surface area (Å²) in [6.07, 6.45) is 7.88. The van der Waals surface area contributed by atoms with E-state index in [-0.39, 0.29) is 0 Å². The fraction of sp³-hybridized carbons (Fsp3) is 0.462. The van der Waals surface area contributed by atoms with E-state index >= 15 is 0 Å². The molecule has 2 aromatic heterocycles. The molecule has 1 fully saturated rings. The average Bonchev–Trinajstić information content (AvgIpc) is 3.28. The Kier molecular flexibility index (Phi) is 9.02. The maximum Gasteiger partial charge on any atom is 0.253 e. The Bertz CT molecular complexity index is 1110. The first-order valence-corrected chi connectivity index (χ1v) is 13.2. The van der Waals surface area contributed by atoms with Crippen LogP contribution in [0.1, 0.15) is 44.7 Å². The Morgan fingerprint density at radius 1 is 1.09 bits per heavy atom. The van der Waals surface area contributed by atoms with Gasteiger partial charge in [0.05, 0.1) is 36.1 Å². The van der Waals surface area contributed by atoms with Gasteiger partial charge in [0.15, 0.2) is 5.96 Å². The maximum absolute atomic E-state index is 6.17. The summed E-state index contributed by atoms with van der Waals surface area (Å²) < 4.78 is 11.3. The summed E-state index contributed by atoms with van der Waals surface area (Å²) in [7, 11) is 0. The molecule has 1 aliphatic rings. The van der Waals surface area contributed by atoms with Gasteiger partial charge >= 0.3 is 0 Å². The summed E-state index contributed by atoms with van der Waals surface area (Å²) in [5.74, 6) is 1.65. The van der Waals surface area contributed by atoms with Crippen LogP contribution in [-0.2, 0) is 4.74 Å². The predicted octanol–water partition coefficient (Wildman–Crippen LogP) is 5.20. The highest BCUT2D eigenvalue weighted by atomic mass is 32.1. The molecule has 0 atom stereocenters. The number of nitrogens with two attached hydrogens (primary N) is 1. The molecule has 9 heteroatoms. The lowest BCUT2D eigenvalue weighted by Gasteiger charge is -2.27. The zero-order valence-corrected chi connectivity index (χ0v) is 21.4. The number of thiazole rings is 1. The van der Waals surface area contributed by atoms with Crippen LogP contribution in [-0.4, -0.2) is 58.7 Å². The van der Waals surface area contributed by atoms with Crippen molar-refractivity contribution < 1.29 is 9.47 Å². The topological polar surface area (TPSA) is 98.8 Å². The van der Waals surface area contributed by atoms with E-state index in [0.29, 0.717) is 25.1 Å². The van der Waals surface area contributed by atoms with Crippen LogP contribution < -0.4 is 10.5 Å². The standard InChI is InChI=1S/C26H34N6O2S/c1-3-4-5-6-7-16-34-21-10-8-20(9-11-21)24-29-19(2)23(35-24)22-12-13-28-26(30-22)31-25(27)32-14-17-33-18-15-32/h8-13H,3-7,14-18H2,1-2H3,(H2,27,28,30,31). The minimum Gasteiger partial charge on any atom is -0.494 e. The van der Waals surface area contributed by atoms with Crippen molar-refractivity contribution in [2.24, 2.45) is 10.7 Å². The molecule has 0 bridgehead atoms. The van der Waals surface area contributed by atoms with Crippen LogP contribution in [0.25, 0.3) is 21.1 Å². The van der Waals surface area contributed by atoms with Gasteiger partial charge < -0.3 is 20.1 Å². The van der Waals surface area contributed by atoms with E-state index in [4.69, 9.17) is 20.2 Å². The van der Waals surface area contributed by atoms with Crippen LogP contribution in [0.15, 0.2) is 41.5 Å². The number of rotatable bonds is 10. The van der Waals surface area contributed by atoms with Crippen molar-refractivity contribution in [2.45, 2.75) is 46.0 Å². The lowest BCUT2D eigenvalue weighted by atomic mass is 10.2. The highest BCUT2D eigenvalue weighted by Gasteiger charge is 2.15. The highest BCUT2D eigenvalue weighted by molar-refractivity contribution is 7.18. The van der Waals surface area contributed by atoms with Crippen LogP contribution in [0.5, 0.6) is 5.75 Å². The Morgan fingerprint density at radius 2 is 1.86 bits per heavy atom. The van der Waals surface area contributed by atoms with E-state index in [2.05, 4.69) is 34.0 Å². The number of hydrogen-bond donors (Lipinski definition) is 1. The number of aryl methyl sites for hydroxylation is 1. The molecule has 0 spiro atoms. The van der Waals surface area contributed by atoms with Gasteiger partial charge in [-0.3, -0.25) is 0 Å². The first kappa shape index (κ1) is 25.1. The van der Waals surface area contributed by atoms with Crippen molar-refractivity contribution in [3.8, 4) is 26.9 Å². The molecule has 1 aliphatic heterocycles. The molecule has 0 saturated carbocycles. The normalized spacial score (nSPS) is 14.3. The number of benzene rings is 1. The molecule has 3 heterocycles. The lowest BCUT2D eigenvalue weighted by molar-refractivity contribution is 0.0675. The molecular weight excluding hydrogens is 460 g/mol. The summed E-state index contributed by atoms with van der Waals surface area (Å²) in [5.41, 5.74) is 8.94. The number of ether oxygens (including phenoxy) is 2. The van der Waals surface area contributed by atoms with Crippen LogP contribution in [0.3, 0.4) is 0 Å². The van der Waals surface area contributed by atoms with E-state index < -0.39 is 0 Å². The summed E-state index contributed by atoms with van der Waals surface area (Å²) in [5, 5.41) is 0.945. The SMILES string of the molecule is CCCCCCCOc1ccc(-c2nc(C)c(-c3ccnc(/N=C(\N)N4CCOCC4)n3)s2)cc1. The smallest absolute Gasteiger partial charge is 0.253 e. The second kappa shape index (κ2) is 12.6. The molecule has 35 heavy (non-hydrogen) atoms. The minimum atomic E-state index is 0.344. The van der Waals surface area contributed by atoms with Crippen LogP contribution in [0.2, 0.25) is 0 Å². The number of aliphatic imine (C=N–C) groups is 1. The van der Waals surface area contributed by atoms with Gasteiger partial charge in [0.2, 0.25) is 0 Å². The van der Waals surface area contributed by atoms with E-state index in [1.807, 2.05) is 30.0 Å². The summed E-state index contributed by atoms with van der Waals surface area (Å²) in [6, 6.07) is 10.0. The van der Waals surface area contributed by atoms with Gasteiger partial charge in [0.1, 0.15) is 10.8 Å². The lowest BCUT2D eigenvalue weighted by Crippen LogP contribution is -2.44. The first-order valence-electron chi connectivity index (χ1n) is 12.3. The monoisotopic (exact) mass is 494 g/mol. The molecule has 8 nitrogen and oxygen atoms in total. The Hall–Kier alpha value is -3.04. The third-order valence-corrected chi connectivity index (χ3v) is 7.07. The second-order valence-corrected chi connectivity index (χ2v) is 9.53. The molecule has 1 aromatic carbocycles. The minimum absolute atomic E-state index is 0.344. The van der Waals surface area contributed by atoms with Gasteiger partial charge in [0.25, 0.3) is 5.95 Å². The van der Waals surface area contributed by atoms with E-state index in [1.165, 1.54) is 25.7 Å². The number of morpholine rings is 1. The van der Waals surface area contributed by atoms with Crippen molar-refractivity contribution in [3.63, 3.8) is 0 Å². The maximum atomic E-state index is 6.17. The van der Waals surface area contributed by atoms with Gasteiger partial charge in [-0.15, -0.1) is 11.3 Å². The van der Waals surface area contributed by atoms with E-state index in [0.717, 1.165) is 58.7 Å². The third-order valence-electron chi connectivity index (χ3n) is 5.84. The Labute approximate surface area is 211 Å². The van der Waals surface area contributed by atoms with Gasteiger partial charge in [-0.1, -0.05) is 32.6 Å². The predicted molar refractivity (Wildman–Crippen MR) is 141 cm³/mol. The van der Waals surface area contributed by atoms with Crippen LogP contribution in [0, 0.1) is 6.92 Å². The molecule has 186 valence electrons. The van der Waals surface area contributed by atoms with Crippen molar-refractivity contribution in [3.05, 3.63) is 42.2 Å². The summed E-state index contributed by atoms with van der Waals surface area (Å²) in [4.78, 5) is 21.1. The summed E-state index contributed by atoms with van der Waals surface area (Å²) in [6.45, 7) is 7.72. The van der Waals surface area contributed by atoms with Gasteiger partial charge in [-0.2, -0.15) is 4.99 Å². The van der Waals surface area contributed by atoms with Crippen LogP contribution in [0.4, 0.5) is 5.95 Å². The molecule has 0 amide bonds. The quantitative estimate of drug-likeness (QED) is 0.235. The molecular formula is C26H34N6O2S. The van der Waals surface area contributed by atoms with Crippen molar-refractivity contribution in [1.82, 2.24) is 19.9 Å². The van der Waals surface area contributed by atoms with Crippen LogP contribution >= 0.6 is 11.3 Å². The number of unbranched alkanes of at least 4 members (excludes halogenated alkanes) is 4. The van der Waals surface area contributed by atoms with Gasteiger partial charge in [-0.05, 0) is 43.7 Å². The third kappa shape index (κ3) is 6.99. The Balaban J connectivity index is 1.42. The largest absolute Gasteiger partial charge is 0.494 e. The molecule has 3 aromatic rings. The molecule has 2 N–H and O–H groups in total. The van der Waals surface area contributed by atoms with Crippen molar-refractivity contribution >= 4 is 23.2 Å². The number of guanidine groups is 1. The Morgan fingerprint density at radius 3 is 2.63 bits per heavy atom. The zero-order chi connectivity index (χ0) is 24.5. The first-order chi connectivity index (χ1) is 17.1. The van der Waals surface area contributed by atoms with E-state index in [9.17, 15) is 0 Å². The van der Waals surface area contributed by atoms with E-state index in [1.54, 1.807) is 17.5 Å². The fourth-order valence-electron chi connectivity index (χ4n) is 3.84. The van der Waals surface area contributed by atoms with Crippen molar-refractivity contribution in [1.29, 1.82) is 0 Å². The fourth-order valence-corrected chi connectivity index (χ4v) is 4.88. The molecule has 0 aliphatic carbocycles. The number of aromatic nitrogens is 3. The zero-order valence-electron chi connectivity index (χ0n) is 20.6. The highest BCUT2D eigenvalue weighted by Crippen LogP contribution is 2.35. The molecule has 0 radical (unpaired) electrons. The van der Waals surface area contributed by atoms with Gasteiger partial charge in [-0.25, -0.2) is 15.0 Å². The number of nitrogens with zero attached hydrogens (tertiary/aromatic N) is 5. The second-order valence-electron chi connectivity index (χ2n) is 8.53. The summed E-state index contributed by atoms with van der Waals surface area (Å²) >= 11 is 1.61. The average molecular weight is 495 g/mol. The van der Waals surface area contributed by atoms with Gasteiger partial charge in [0, 0.05) is 24.8 Å². The molecule has 1 saturated heterocycles. The molecule has 0 unspecified atom stereocenters. The molecule has 4 rings (SSSR count).